The summed E-state index contributed by atoms with van der Waals surface area (Å²) in [5, 5.41) is 25.5. The molecule has 5 N–H and O–H groups in total. The van der Waals surface area contributed by atoms with Crippen LogP contribution < -0.4 is 25.8 Å². The minimum absolute atomic E-state index is 0.0104. The van der Waals surface area contributed by atoms with E-state index in [9.17, 15) is 38.3 Å². The fourth-order valence-electron chi connectivity index (χ4n) is 7.15. The third kappa shape index (κ3) is 12.6. The molecule has 2 atom stereocenters. The lowest BCUT2D eigenvalue weighted by Crippen LogP contribution is -2.43. The number of aromatic nitrogens is 4. The van der Waals surface area contributed by atoms with Crippen molar-refractivity contribution in [2.45, 2.75) is 31.0 Å². The van der Waals surface area contributed by atoms with Gasteiger partial charge in [-0.25, -0.2) is 23.4 Å². The van der Waals surface area contributed by atoms with Crippen molar-refractivity contribution < 1.29 is 52.0 Å². The minimum atomic E-state index is -3.19. The Balaban J connectivity index is 0.813. The van der Waals surface area contributed by atoms with Gasteiger partial charge in [0.25, 0.3) is 11.8 Å². The Bertz CT molecular complexity index is 2940. The maximum Gasteiger partial charge on any atom is 0.508 e. The molecule has 4 aromatic heterocycles. The van der Waals surface area contributed by atoms with Crippen LogP contribution in [-0.2, 0) is 25.7 Å². The summed E-state index contributed by atoms with van der Waals surface area (Å²) < 4.78 is 49.1. The van der Waals surface area contributed by atoms with Crippen molar-refractivity contribution in [3.05, 3.63) is 115 Å². The number of anilines is 1. The van der Waals surface area contributed by atoms with Gasteiger partial charge in [-0.1, -0.05) is 40.3 Å². The average Bonchev–Trinajstić information content (AvgIpc) is 3.68. The summed E-state index contributed by atoms with van der Waals surface area (Å²) in [5.74, 6) is -4.70. The number of carboxylic acid groups (broad SMARTS) is 1. The van der Waals surface area contributed by atoms with Crippen molar-refractivity contribution in [2.24, 2.45) is 0 Å². The first kappa shape index (κ1) is 49.1. The number of hydrogen-bond acceptors (Lipinski definition) is 17. The number of carbonyl (C=O) groups is 4. The second-order valence-electron chi connectivity index (χ2n) is 15.3. The quantitative estimate of drug-likeness (QED) is 0.0354. The van der Waals surface area contributed by atoms with E-state index < -0.39 is 61.5 Å². The number of carbonyl (C=O) groups excluding carboxylic acids is 3. The van der Waals surface area contributed by atoms with Gasteiger partial charge in [-0.15, -0.1) is 0 Å². The minimum Gasteiger partial charge on any atom is -0.487 e. The summed E-state index contributed by atoms with van der Waals surface area (Å²) in [7, 11) is 4.05. The first-order valence-electron chi connectivity index (χ1n) is 20.9. The molecule has 2 amide bonds. The summed E-state index contributed by atoms with van der Waals surface area (Å²) in [5.41, 5.74) is 12.1. The van der Waals surface area contributed by atoms with Gasteiger partial charge in [0.2, 0.25) is 11.8 Å². The molecule has 22 heteroatoms. The zero-order chi connectivity index (χ0) is 49.1. The third-order valence-corrected chi connectivity index (χ3v) is 12.9. The number of alkyl halides is 2. The largest absolute Gasteiger partial charge is 0.508 e. The molecule has 2 aromatic carbocycles. The lowest BCUT2D eigenvalue weighted by atomic mass is 9.98. The number of halogens is 2. The van der Waals surface area contributed by atoms with Crippen LogP contribution in [0, 0.1) is 11.3 Å². The Labute approximate surface area is 401 Å². The first-order chi connectivity index (χ1) is 33.2. The SMILES string of the molecule is C=C(COc1ccc2nccc(C(=O)NCC(=O)N3CC(F)(F)C[C@H]3C#N)c2c1)NC(CSSCCOC(=O)OCc1ccc(-c2ccnc3ccc(-c4cnc(OC)c(N)c4)cc23)cn1)C(=O)O. The van der Waals surface area contributed by atoms with Crippen molar-refractivity contribution in [1.82, 2.24) is 35.5 Å². The zero-order valence-electron chi connectivity index (χ0n) is 36.7. The number of nitrogen functional groups attached to an aromatic ring is 1. The maximum absolute atomic E-state index is 13.8. The molecule has 6 aromatic rings. The van der Waals surface area contributed by atoms with E-state index >= 15 is 0 Å². The third-order valence-electron chi connectivity index (χ3n) is 10.5. The summed E-state index contributed by atoms with van der Waals surface area (Å²) in [6, 6.07) is 18.7. The zero-order valence-corrected chi connectivity index (χ0v) is 38.4. The molecule has 1 fully saturated rings. The second kappa shape index (κ2) is 22.4. The molecule has 69 heavy (non-hydrogen) atoms. The molecule has 1 saturated heterocycles. The van der Waals surface area contributed by atoms with Crippen LogP contribution in [0.4, 0.5) is 19.3 Å². The smallest absolute Gasteiger partial charge is 0.487 e. The van der Waals surface area contributed by atoms with Crippen molar-refractivity contribution in [3.63, 3.8) is 0 Å². The Morgan fingerprint density at radius 1 is 0.957 bits per heavy atom. The molecular formula is C47H43F2N9O9S2. The summed E-state index contributed by atoms with van der Waals surface area (Å²) >= 11 is 0. The number of likely N-dealkylation sites (tertiary alicyclic amines) is 1. The number of rotatable bonds is 20. The summed E-state index contributed by atoms with van der Waals surface area (Å²) in [4.78, 5) is 68.3. The highest BCUT2D eigenvalue weighted by Gasteiger charge is 2.47. The van der Waals surface area contributed by atoms with E-state index in [0.717, 1.165) is 38.1 Å². The molecule has 0 aliphatic carbocycles. The predicted molar refractivity (Wildman–Crippen MR) is 254 cm³/mol. The van der Waals surface area contributed by atoms with Crippen LogP contribution in [0.1, 0.15) is 22.5 Å². The number of amides is 2. The van der Waals surface area contributed by atoms with Crippen molar-refractivity contribution >= 4 is 73.0 Å². The summed E-state index contributed by atoms with van der Waals surface area (Å²) in [6.45, 7) is 2.13. The lowest BCUT2D eigenvalue weighted by Gasteiger charge is -2.19. The Hall–Kier alpha value is -7.77. The van der Waals surface area contributed by atoms with Gasteiger partial charge in [0.1, 0.15) is 37.7 Å². The van der Waals surface area contributed by atoms with Gasteiger partial charge in [-0.05, 0) is 65.7 Å². The highest BCUT2D eigenvalue weighted by atomic mass is 33.1. The van der Waals surface area contributed by atoms with Crippen LogP contribution in [0.25, 0.3) is 44.1 Å². The molecule has 1 aliphatic heterocycles. The number of nitrogens with two attached hydrogens (primary N) is 1. The molecular weight excluding hydrogens is 937 g/mol. The molecule has 1 unspecified atom stereocenters. The Morgan fingerprint density at radius 3 is 2.45 bits per heavy atom. The van der Waals surface area contributed by atoms with Crippen LogP contribution in [0.2, 0.25) is 0 Å². The van der Waals surface area contributed by atoms with E-state index in [2.05, 4.69) is 37.1 Å². The number of pyridine rings is 4. The molecule has 5 heterocycles. The molecule has 7 rings (SSSR count). The van der Waals surface area contributed by atoms with E-state index in [1.54, 1.807) is 48.9 Å². The Morgan fingerprint density at radius 2 is 1.71 bits per heavy atom. The van der Waals surface area contributed by atoms with E-state index in [0.29, 0.717) is 39.7 Å². The van der Waals surface area contributed by atoms with E-state index in [1.807, 2.05) is 30.3 Å². The van der Waals surface area contributed by atoms with Crippen molar-refractivity contribution in [1.29, 1.82) is 5.26 Å². The molecule has 0 saturated carbocycles. The van der Waals surface area contributed by atoms with Crippen LogP contribution in [0.15, 0.2) is 104 Å². The highest BCUT2D eigenvalue weighted by Crippen LogP contribution is 2.34. The van der Waals surface area contributed by atoms with Crippen LogP contribution in [0.3, 0.4) is 0 Å². The van der Waals surface area contributed by atoms with Crippen LogP contribution in [0.5, 0.6) is 11.6 Å². The van der Waals surface area contributed by atoms with E-state index in [-0.39, 0.29) is 36.8 Å². The number of nitrogens with one attached hydrogen (secondary N) is 2. The fraction of sp³-hybridized carbons (Fsp3) is 0.255. The van der Waals surface area contributed by atoms with Gasteiger partial charge in [-0.3, -0.25) is 24.5 Å². The molecule has 1 aliphatic rings. The molecule has 356 valence electrons. The number of nitriles is 1. The van der Waals surface area contributed by atoms with Gasteiger partial charge >= 0.3 is 12.1 Å². The monoisotopic (exact) mass is 979 g/mol. The highest BCUT2D eigenvalue weighted by molar-refractivity contribution is 8.76. The van der Waals surface area contributed by atoms with Gasteiger partial charge in [0, 0.05) is 70.3 Å². The Kier molecular flexibility index (Phi) is 15.9. The second-order valence-corrected chi connectivity index (χ2v) is 17.9. The molecule has 0 radical (unpaired) electrons. The first-order valence-corrected chi connectivity index (χ1v) is 23.4. The average molecular weight is 980 g/mol. The van der Waals surface area contributed by atoms with E-state index in [4.69, 9.17) is 24.7 Å². The van der Waals surface area contributed by atoms with Crippen molar-refractivity contribution in [2.75, 3.05) is 50.7 Å². The molecule has 0 bridgehead atoms. The summed E-state index contributed by atoms with van der Waals surface area (Å²) in [6.07, 6.45) is 4.84. The van der Waals surface area contributed by atoms with Gasteiger partial charge < -0.3 is 45.3 Å². The topological polar surface area (TPSA) is 254 Å². The van der Waals surface area contributed by atoms with E-state index in [1.165, 1.54) is 47.0 Å². The van der Waals surface area contributed by atoms with Gasteiger partial charge in [-0.2, -0.15) is 5.26 Å². The number of fused-ring (bicyclic) bond motifs is 2. The number of carboxylic acids is 1. The number of ether oxygens (including phenoxy) is 4. The van der Waals surface area contributed by atoms with Gasteiger partial charge in [0.05, 0.1) is 54.2 Å². The lowest BCUT2D eigenvalue weighted by molar-refractivity contribution is -0.138. The maximum atomic E-state index is 13.8. The number of benzene rings is 2. The molecule has 18 nitrogen and oxygen atoms in total. The number of aliphatic carboxylic acids is 1. The fourth-order valence-corrected chi connectivity index (χ4v) is 9.13. The normalized spacial score (nSPS) is 14.3. The number of nitrogens with zero attached hydrogens (tertiary/aromatic N) is 6. The van der Waals surface area contributed by atoms with Crippen LogP contribution >= 0.6 is 21.6 Å². The number of methoxy groups -OCH3 is 1. The predicted octanol–water partition coefficient (Wildman–Crippen LogP) is 6.66. The number of hydrogen-bond donors (Lipinski definition) is 4. The van der Waals surface area contributed by atoms with Crippen LogP contribution in [-0.4, -0.2) is 117 Å². The van der Waals surface area contributed by atoms with Crippen molar-refractivity contribution in [3.8, 4) is 40.0 Å². The molecule has 0 spiro atoms. The standard InChI is InChI=1S/C47H43F2N9O9S2/c1-27(23-66-33-6-8-40-37(17-33)35(10-12-53-40)43(60)55-22-42(59)58-26-47(48,49)18-32(58)19-50)57-41(45(61)62)25-69-68-14-13-65-46(63)67-24-31-5-3-29(20-54-31)34-9-11-52-39-7-4-28(15-36(34)39)30-16-38(51)44(64-2)56-21-30/h3-12,15-17,20-21,32,41,57H,1,13-14,18,22-26,51H2,2H3,(H,55,60)(H,61,62)/t32-,41?/m0/s1. The van der Waals surface area contributed by atoms with Gasteiger partial charge in [0.15, 0.2) is 0 Å².